The van der Waals surface area contributed by atoms with Crippen LogP contribution in [0.2, 0.25) is 0 Å². The van der Waals surface area contributed by atoms with Crippen molar-refractivity contribution in [1.29, 1.82) is 0 Å². The summed E-state index contributed by atoms with van der Waals surface area (Å²) in [6.45, 7) is 8.18. The summed E-state index contributed by atoms with van der Waals surface area (Å²) < 4.78 is 0. The molecule has 0 unspecified atom stereocenters. The van der Waals surface area contributed by atoms with Crippen LogP contribution in [0.1, 0.15) is 24.8 Å². The lowest BCUT2D eigenvalue weighted by atomic mass is 10.1. The first-order chi connectivity index (χ1) is 9.42. The van der Waals surface area contributed by atoms with Crippen LogP contribution in [0.25, 0.3) is 0 Å². The number of anilines is 1. The summed E-state index contributed by atoms with van der Waals surface area (Å²) in [5.74, 6) is 0. The highest BCUT2D eigenvalue weighted by Gasteiger charge is 2.13. The number of benzene rings is 1. The molecule has 0 amide bonds. The Morgan fingerprint density at radius 1 is 0.947 bits per heavy atom. The molecule has 19 heavy (non-hydrogen) atoms. The molecule has 1 N–H and O–H groups in total. The molecule has 2 saturated heterocycles. The smallest absolute Gasteiger partial charge is 0.0369 e. The van der Waals surface area contributed by atoms with Crippen molar-refractivity contribution in [1.82, 2.24) is 10.2 Å². The van der Waals surface area contributed by atoms with E-state index < -0.39 is 0 Å². The molecule has 2 heterocycles. The van der Waals surface area contributed by atoms with Gasteiger partial charge in [-0.05, 0) is 37.0 Å². The maximum atomic E-state index is 3.41. The van der Waals surface area contributed by atoms with Gasteiger partial charge in [-0.3, -0.25) is 4.90 Å². The first-order valence-corrected chi connectivity index (χ1v) is 7.69. The van der Waals surface area contributed by atoms with Gasteiger partial charge in [-0.25, -0.2) is 0 Å². The monoisotopic (exact) mass is 259 g/mol. The fourth-order valence-corrected chi connectivity index (χ4v) is 3.13. The van der Waals surface area contributed by atoms with Crippen molar-refractivity contribution in [2.45, 2.75) is 25.8 Å². The summed E-state index contributed by atoms with van der Waals surface area (Å²) in [7, 11) is 0. The summed E-state index contributed by atoms with van der Waals surface area (Å²) in [6.07, 6.45) is 4.10. The van der Waals surface area contributed by atoms with E-state index in [0.717, 1.165) is 19.6 Å². The molecule has 0 aromatic heterocycles. The predicted octanol–water partition coefficient (Wildman–Crippen LogP) is 2.08. The molecular formula is C16H25N3. The van der Waals surface area contributed by atoms with Crippen LogP contribution in [0.5, 0.6) is 0 Å². The first kappa shape index (κ1) is 12.9. The van der Waals surface area contributed by atoms with Crippen LogP contribution < -0.4 is 10.2 Å². The third-order valence-electron chi connectivity index (χ3n) is 4.25. The van der Waals surface area contributed by atoms with Gasteiger partial charge in [0.15, 0.2) is 0 Å². The van der Waals surface area contributed by atoms with Gasteiger partial charge < -0.3 is 10.2 Å². The molecule has 3 nitrogen and oxygen atoms in total. The molecular weight excluding hydrogens is 234 g/mol. The summed E-state index contributed by atoms with van der Waals surface area (Å²) in [5.41, 5.74) is 2.89. The number of piperazine rings is 1. The zero-order chi connectivity index (χ0) is 12.9. The topological polar surface area (TPSA) is 18.5 Å². The second-order valence-corrected chi connectivity index (χ2v) is 5.74. The van der Waals surface area contributed by atoms with E-state index in [9.17, 15) is 0 Å². The van der Waals surface area contributed by atoms with Crippen LogP contribution >= 0.6 is 0 Å². The molecule has 3 heteroatoms. The third-order valence-corrected chi connectivity index (χ3v) is 4.25. The molecule has 104 valence electrons. The lowest BCUT2D eigenvalue weighted by Gasteiger charge is -2.30. The van der Waals surface area contributed by atoms with Crippen LogP contribution in [0.15, 0.2) is 24.3 Å². The second-order valence-electron chi connectivity index (χ2n) is 5.74. The lowest BCUT2D eigenvalue weighted by molar-refractivity contribution is 0.233. The molecule has 2 aliphatic rings. The van der Waals surface area contributed by atoms with E-state index in [4.69, 9.17) is 0 Å². The van der Waals surface area contributed by atoms with Crippen molar-refractivity contribution < 1.29 is 0 Å². The minimum atomic E-state index is 1.10. The van der Waals surface area contributed by atoms with Gasteiger partial charge in [0.05, 0.1) is 0 Å². The van der Waals surface area contributed by atoms with Crippen molar-refractivity contribution in [3.8, 4) is 0 Å². The molecule has 2 fully saturated rings. The summed E-state index contributed by atoms with van der Waals surface area (Å²) >= 11 is 0. The van der Waals surface area contributed by atoms with E-state index in [-0.39, 0.29) is 0 Å². The Morgan fingerprint density at radius 3 is 2.53 bits per heavy atom. The SMILES string of the molecule is c1cc(CN2CCNCC2)cc(N2CCCCC2)c1. The minimum Gasteiger partial charge on any atom is -0.372 e. The fourth-order valence-electron chi connectivity index (χ4n) is 3.13. The molecule has 0 radical (unpaired) electrons. The van der Waals surface area contributed by atoms with Gasteiger partial charge in [-0.15, -0.1) is 0 Å². The second kappa shape index (κ2) is 6.40. The summed E-state index contributed by atoms with van der Waals surface area (Å²) in [5, 5.41) is 3.41. The number of hydrogen-bond acceptors (Lipinski definition) is 3. The number of hydrogen-bond donors (Lipinski definition) is 1. The van der Waals surface area contributed by atoms with Gasteiger partial charge in [0, 0.05) is 51.5 Å². The highest BCUT2D eigenvalue weighted by molar-refractivity contribution is 5.48. The van der Waals surface area contributed by atoms with Crippen molar-refractivity contribution >= 4 is 5.69 Å². The van der Waals surface area contributed by atoms with E-state index in [2.05, 4.69) is 39.4 Å². The van der Waals surface area contributed by atoms with Crippen molar-refractivity contribution in [3.63, 3.8) is 0 Å². The standard InChI is InChI=1S/C16H25N3/c1-2-9-19(10-3-1)16-6-4-5-15(13-16)14-18-11-7-17-8-12-18/h4-6,13,17H,1-3,7-12,14H2. The zero-order valence-electron chi connectivity index (χ0n) is 11.8. The predicted molar refractivity (Wildman–Crippen MR) is 80.7 cm³/mol. The van der Waals surface area contributed by atoms with E-state index in [1.165, 1.54) is 56.7 Å². The van der Waals surface area contributed by atoms with E-state index in [1.807, 2.05) is 0 Å². The Balaban J connectivity index is 1.64. The molecule has 1 aromatic rings. The molecule has 0 atom stereocenters. The van der Waals surface area contributed by atoms with Gasteiger partial charge in [-0.2, -0.15) is 0 Å². The van der Waals surface area contributed by atoms with Gasteiger partial charge in [0.25, 0.3) is 0 Å². The maximum absolute atomic E-state index is 3.41. The summed E-state index contributed by atoms with van der Waals surface area (Å²) in [6, 6.07) is 9.16. The maximum Gasteiger partial charge on any atom is 0.0369 e. The molecule has 0 aliphatic carbocycles. The minimum absolute atomic E-state index is 1.10. The lowest BCUT2D eigenvalue weighted by Crippen LogP contribution is -2.42. The Morgan fingerprint density at radius 2 is 1.74 bits per heavy atom. The van der Waals surface area contributed by atoms with Crippen LogP contribution in [-0.4, -0.2) is 44.2 Å². The van der Waals surface area contributed by atoms with Crippen LogP contribution in [-0.2, 0) is 6.54 Å². The molecule has 0 bridgehead atoms. The van der Waals surface area contributed by atoms with Crippen molar-refractivity contribution in [3.05, 3.63) is 29.8 Å². The average Bonchev–Trinajstić information content (AvgIpc) is 2.49. The van der Waals surface area contributed by atoms with Gasteiger partial charge in [0.1, 0.15) is 0 Å². The molecule has 3 rings (SSSR count). The van der Waals surface area contributed by atoms with E-state index in [1.54, 1.807) is 0 Å². The molecule has 0 saturated carbocycles. The quantitative estimate of drug-likeness (QED) is 0.896. The number of nitrogens with zero attached hydrogens (tertiary/aromatic N) is 2. The Hall–Kier alpha value is -1.06. The molecule has 0 spiro atoms. The largest absolute Gasteiger partial charge is 0.372 e. The van der Waals surface area contributed by atoms with Crippen LogP contribution in [0.4, 0.5) is 5.69 Å². The summed E-state index contributed by atoms with van der Waals surface area (Å²) in [4.78, 5) is 5.09. The van der Waals surface area contributed by atoms with Crippen LogP contribution in [0, 0.1) is 0 Å². The van der Waals surface area contributed by atoms with Crippen molar-refractivity contribution in [2.24, 2.45) is 0 Å². The van der Waals surface area contributed by atoms with E-state index in [0.29, 0.717) is 0 Å². The van der Waals surface area contributed by atoms with Crippen LogP contribution in [0.3, 0.4) is 0 Å². The number of nitrogens with one attached hydrogen (secondary N) is 1. The average molecular weight is 259 g/mol. The van der Waals surface area contributed by atoms with Gasteiger partial charge in [-0.1, -0.05) is 12.1 Å². The first-order valence-electron chi connectivity index (χ1n) is 7.69. The Bertz CT molecular complexity index is 393. The number of piperidine rings is 1. The number of rotatable bonds is 3. The normalized spacial score (nSPS) is 21.6. The van der Waals surface area contributed by atoms with Crippen molar-refractivity contribution in [2.75, 3.05) is 44.2 Å². The molecule has 1 aromatic carbocycles. The zero-order valence-corrected chi connectivity index (χ0v) is 11.8. The van der Waals surface area contributed by atoms with E-state index >= 15 is 0 Å². The Labute approximate surface area is 116 Å². The third kappa shape index (κ3) is 3.48. The fraction of sp³-hybridized carbons (Fsp3) is 0.625. The van der Waals surface area contributed by atoms with Gasteiger partial charge >= 0.3 is 0 Å². The highest BCUT2D eigenvalue weighted by Crippen LogP contribution is 2.21. The molecule has 2 aliphatic heterocycles. The highest BCUT2D eigenvalue weighted by atomic mass is 15.2. The van der Waals surface area contributed by atoms with Gasteiger partial charge in [0.2, 0.25) is 0 Å². The Kier molecular flexibility index (Phi) is 4.36.